The minimum atomic E-state index is -0.109. The first kappa shape index (κ1) is 19.3. The second-order valence-corrected chi connectivity index (χ2v) is 5.55. The molecule has 3 rings (SSSR count). The third kappa shape index (κ3) is 4.15. The maximum Gasteiger partial charge on any atom is 0.270 e. The van der Waals surface area contributed by atoms with Crippen LogP contribution in [0.25, 0.3) is 0 Å². The molecule has 2 aromatic rings. The van der Waals surface area contributed by atoms with Crippen LogP contribution in [-0.4, -0.2) is 10.9 Å². The molecule has 0 saturated heterocycles. The molecule has 124 valence electrons. The lowest BCUT2D eigenvalue weighted by Gasteiger charge is -2.26. The van der Waals surface area contributed by atoms with Gasteiger partial charge in [-0.1, -0.05) is 12.1 Å². The van der Waals surface area contributed by atoms with E-state index in [0.717, 1.165) is 30.5 Å². The Morgan fingerprint density at radius 2 is 2.09 bits per heavy atom. The largest absolute Gasteiger partial charge is 0.399 e. The van der Waals surface area contributed by atoms with Crippen LogP contribution in [0.3, 0.4) is 0 Å². The van der Waals surface area contributed by atoms with E-state index >= 15 is 0 Å². The number of fused-ring (bicyclic) bond motifs is 1. The Morgan fingerprint density at radius 1 is 1.30 bits per heavy atom. The maximum atomic E-state index is 12.4. The molecule has 0 saturated carbocycles. The summed E-state index contributed by atoms with van der Waals surface area (Å²) in [5, 5.41) is 3.11. The van der Waals surface area contributed by atoms with Crippen LogP contribution in [0.1, 0.15) is 46.1 Å². The van der Waals surface area contributed by atoms with Gasteiger partial charge in [-0.3, -0.25) is 9.78 Å². The normalized spacial score (nSPS) is 15.6. The molecule has 1 aromatic heterocycles. The maximum absolute atomic E-state index is 12.4. The van der Waals surface area contributed by atoms with E-state index in [9.17, 15) is 4.79 Å². The number of nitrogens with two attached hydrogens (primary N) is 1. The minimum absolute atomic E-state index is 0. The molecule has 1 aliphatic rings. The summed E-state index contributed by atoms with van der Waals surface area (Å²) in [5.41, 5.74) is 10.4. The van der Waals surface area contributed by atoms with Gasteiger partial charge >= 0.3 is 0 Å². The summed E-state index contributed by atoms with van der Waals surface area (Å²) in [6.45, 7) is 1.90. The number of carbonyl (C=O) groups excluding carboxylic acids is 1. The Kier molecular flexibility index (Phi) is 6.85. The third-order valence-electron chi connectivity index (χ3n) is 4.01. The van der Waals surface area contributed by atoms with Gasteiger partial charge in [-0.05, 0) is 61.1 Å². The Labute approximate surface area is 148 Å². The van der Waals surface area contributed by atoms with Crippen molar-refractivity contribution in [3.63, 3.8) is 0 Å². The van der Waals surface area contributed by atoms with Crippen LogP contribution in [0.4, 0.5) is 5.69 Å². The average Bonchev–Trinajstić information content (AvgIpc) is 2.47. The summed E-state index contributed by atoms with van der Waals surface area (Å²) < 4.78 is 0. The molecule has 0 bridgehead atoms. The van der Waals surface area contributed by atoms with Crippen LogP contribution in [0, 0.1) is 6.92 Å². The van der Waals surface area contributed by atoms with Crippen molar-refractivity contribution in [1.29, 1.82) is 0 Å². The topological polar surface area (TPSA) is 68.0 Å². The lowest BCUT2D eigenvalue weighted by molar-refractivity contribution is 0.0927. The van der Waals surface area contributed by atoms with Crippen molar-refractivity contribution in [2.75, 3.05) is 5.73 Å². The van der Waals surface area contributed by atoms with E-state index < -0.39 is 0 Å². The van der Waals surface area contributed by atoms with Gasteiger partial charge in [0.15, 0.2) is 0 Å². The molecule has 1 aromatic carbocycles. The highest BCUT2D eigenvalue weighted by atomic mass is 35.5. The SMILES string of the molecule is Cc1cccnc1C(=O)NC1CCCc2cc(N)ccc21.Cl.Cl. The molecule has 0 fully saturated rings. The summed E-state index contributed by atoms with van der Waals surface area (Å²) >= 11 is 0. The van der Waals surface area contributed by atoms with Gasteiger partial charge in [0.25, 0.3) is 5.91 Å². The summed E-state index contributed by atoms with van der Waals surface area (Å²) in [7, 11) is 0. The molecule has 1 heterocycles. The summed E-state index contributed by atoms with van der Waals surface area (Å²) in [5.74, 6) is -0.109. The van der Waals surface area contributed by atoms with Crippen LogP contribution in [0.2, 0.25) is 0 Å². The van der Waals surface area contributed by atoms with Gasteiger partial charge in [-0.25, -0.2) is 0 Å². The summed E-state index contributed by atoms with van der Waals surface area (Å²) in [6.07, 6.45) is 4.68. The first-order valence-electron chi connectivity index (χ1n) is 7.26. The zero-order valence-electron chi connectivity index (χ0n) is 12.9. The van der Waals surface area contributed by atoms with Gasteiger partial charge in [-0.15, -0.1) is 24.8 Å². The number of hydrogen-bond acceptors (Lipinski definition) is 3. The molecule has 1 unspecified atom stereocenters. The molecular weight excluding hydrogens is 333 g/mol. The van der Waals surface area contributed by atoms with Crippen molar-refractivity contribution in [2.45, 2.75) is 32.2 Å². The monoisotopic (exact) mass is 353 g/mol. The quantitative estimate of drug-likeness (QED) is 0.810. The van der Waals surface area contributed by atoms with Crippen LogP contribution < -0.4 is 11.1 Å². The molecular formula is C17H21Cl2N3O. The van der Waals surface area contributed by atoms with Gasteiger partial charge in [0.2, 0.25) is 0 Å². The van der Waals surface area contributed by atoms with Crippen molar-refractivity contribution in [3.8, 4) is 0 Å². The minimum Gasteiger partial charge on any atom is -0.399 e. The number of anilines is 1. The number of hydrogen-bond donors (Lipinski definition) is 2. The second-order valence-electron chi connectivity index (χ2n) is 5.55. The molecule has 1 atom stereocenters. The van der Waals surface area contributed by atoms with E-state index in [1.807, 2.05) is 37.3 Å². The Hall–Kier alpha value is -1.78. The van der Waals surface area contributed by atoms with Crippen molar-refractivity contribution < 1.29 is 4.79 Å². The van der Waals surface area contributed by atoms with Crippen molar-refractivity contribution >= 4 is 36.4 Å². The van der Waals surface area contributed by atoms with Crippen LogP contribution in [0.15, 0.2) is 36.5 Å². The first-order chi connectivity index (χ1) is 10.1. The molecule has 6 heteroatoms. The number of aryl methyl sites for hydroxylation is 2. The van der Waals surface area contributed by atoms with Gasteiger partial charge in [0.05, 0.1) is 6.04 Å². The highest BCUT2D eigenvalue weighted by Gasteiger charge is 2.23. The Balaban J connectivity index is 0.00000132. The molecule has 1 aliphatic carbocycles. The van der Waals surface area contributed by atoms with E-state index in [-0.39, 0.29) is 36.8 Å². The number of nitrogen functional groups attached to an aromatic ring is 1. The smallest absolute Gasteiger partial charge is 0.270 e. The van der Waals surface area contributed by atoms with Crippen molar-refractivity contribution in [2.24, 2.45) is 0 Å². The number of aromatic nitrogens is 1. The van der Waals surface area contributed by atoms with Crippen molar-refractivity contribution in [1.82, 2.24) is 10.3 Å². The van der Waals surface area contributed by atoms with Crippen molar-refractivity contribution in [3.05, 3.63) is 58.9 Å². The first-order valence-corrected chi connectivity index (χ1v) is 7.26. The zero-order valence-corrected chi connectivity index (χ0v) is 14.5. The van der Waals surface area contributed by atoms with Gasteiger partial charge in [0.1, 0.15) is 5.69 Å². The van der Waals surface area contributed by atoms with Gasteiger partial charge in [-0.2, -0.15) is 0 Å². The lowest BCUT2D eigenvalue weighted by Crippen LogP contribution is -2.32. The number of nitrogens with zero attached hydrogens (tertiary/aromatic N) is 1. The predicted molar refractivity (Wildman–Crippen MR) is 97.5 cm³/mol. The number of carbonyl (C=O) groups is 1. The Bertz CT molecular complexity index is 691. The summed E-state index contributed by atoms with van der Waals surface area (Å²) in [4.78, 5) is 16.6. The standard InChI is InChI=1S/C17H19N3O.2ClH/c1-11-4-3-9-19-16(11)17(21)20-15-6-2-5-12-10-13(18)7-8-14(12)15;;/h3-4,7-10,15H,2,5-6,18H2,1H3,(H,20,21);2*1H. The molecule has 0 spiro atoms. The van der Waals surface area contributed by atoms with Gasteiger partial charge < -0.3 is 11.1 Å². The van der Waals surface area contributed by atoms with E-state index in [2.05, 4.69) is 10.3 Å². The fraction of sp³-hybridized carbons (Fsp3) is 0.294. The number of amides is 1. The van der Waals surface area contributed by atoms with Crippen LogP contribution in [-0.2, 0) is 6.42 Å². The number of rotatable bonds is 2. The number of nitrogens with one attached hydrogen (secondary N) is 1. The van der Waals surface area contributed by atoms with Crippen LogP contribution in [0.5, 0.6) is 0 Å². The van der Waals surface area contributed by atoms with E-state index in [1.165, 1.54) is 11.1 Å². The molecule has 4 nitrogen and oxygen atoms in total. The highest BCUT2D eigenvalue weighted by Crippen LogP contribution is 2.31. The highest BCUT2D eigenvalue weighted by molar-refractivity contribution is 5.93. The Morgan fingerprint density at radius 3 is 2.83 bits per heavy atom. The number of benzene rings is 1. The van der Waals surface area contributed by atoms with E-state index in [1.54, 1.807) is 6.20 Å². The average molecular weight is 354 g/mol. The molecule has 0 radical (unpaired) electrons. The number of halogens is 2. The number of pyridine rings is 1. The molecule has 3 N–H and O–H groups in total. The lowest BCUT2D eigenvalue weighted by atomic mass is 9.87. The molecule has 0 aliphatic heterocycles. The van der Waals surface area contributed by atoms with E-state index in [4.69, 9.17) is 5.73 Å². The molecule has 1 amide bonds. The van der Waals surface area contributed by atoms with Crippen LogP contribution >= 0.6 is 24.8 Å². The summed E-state index contributed by atoms with van der Waals surface area (Å²) in [6, 6.07) is 9.72. The zero-order chi connectivity index (χ0) is 14.8. The second kappa shape index (κ2) is 8.18. The molecule has 23 heavy (non-hydrogen) atoms. The fourth-order valence-electron chi connectivity index (χ4n) is 2.93. The predicted octanol–water partition coefficient (Wildman–Crippen LogP) is 3.62. The fourth-order valence-corrected chi connectivity index (χ4v) is 2.93. The van der Waals surface area contributed by atoms with Gasteiger partial charge in [0, 0.05) is 11.9 Å². The third-order valence-corrected chi connectivity index (χ3v) is 4.01. The van der Waals surface area contributed by atoms with E-state index in [0.29, 0.717) is 5.69 Å².